The van der Waals surface area contributed by atoms with Crippen LogP contribution < -0.4 is 9.80 Å². The fraction of sp³-hybridized carbons (Fsp3) is 0.111. The molecule has 0 fully saturated rings. The van der Waals surface area contributed by atoms with Crippen LogP contribution in [0.3, 0.4) is 0 Å². The van der Waals surface area contributed by atoms with Crippen molar-refractivity contribution in [3.8, 4) is 0 Å². The lowest BCUT2D eigenvalue weighted by Gasteiger charge is -2.31. The van der Waals surface area contributed by atoms with Crippen molar-refractivity contribution < 1.29 is 0 Å². The Kier molecular flexibility index (Phi) is 7.87. The zero-order chi connectivity index (χ0) is 38.2. The van der Waals surface area contributed by atoms with Crippen LogP contribution in [0.15, 0.2) is 158 Å². The van der Waals surface area contributed by atoms with Gasteiger partial charge in [-0.05, 0) is 156 Å². The minimum atomic E-state index is 1.16. The van der Waals surface area contributed by atoms with Crippen LogP contribution in [0.5, 0.6) is 0 Å². The highest BCUT2D eigenvalue weighted by Crippen LogP contribution is 2.50. The number of aryl methyl sites for hydroxylation is 6. The molecule has 0 aliphatic rings. The summed E-state index contributed by atoms with van der Waals surface area (Å²) in [5, 5.41) is 12.6. The van der Waals surface area contributed by atoms with Crippen molar-refractivity contribution in [3.63, 3.8) is 0 Å². The lowest BCUT2D eigenvalue weighted by Crippen LogP contribution is -2.13. The first-order valence-electron chi connectivity index (χ1n) is 19.7. The van der Waals surface area contributed by atoms with Gasteiger partial charge in [0, 0.05) is 32.9 Å². The van der Waals surface area contributed by atoms with E-state index in [4.69, 9.17) is 0 Å². The molecule has 0 saturated heterocycles. The molecule has 0 aliphatic carbocycles. The van der Waals surface area contributed by atoms with E-state index in [1.165, 1.54) is 110 Å². The van der Waals surface area contributed by atoms with Crippen LogP contribution in [0, 0.1) is 41.5 Å². The number of hydrogen-bond acceptors (Lipinski definition) is 2. The number of fused-ring (bicyclic) bond motifs is 2. The molecule has 270 valence electrons. The Morgan fingerprint density at radius 2 is 0.661 bits per heavy atom. The van der Waals surface area contributed by atoms with Crippen LogP contribution in [0.25, 0.3) is 53.9 Å². The topological polar surface area (TPSA) is 6.48 Å². The van der Waals surface area contributed by atoms with E-state index in [0.717, 1.165) is 11.4 Å². The molecule has 56 heavy (non-hydrogen) atoms. The van der Waals surface area contributed by atoms with Gasteiger partial charge in [-0.3, -0.25) is 0 Å². The Labute approximate surface area is 329 Å². The second-order valence-electron chi connectivity index (χ2n) is 15.7. The van der Waals surface area contributed by atoms with Crippen molar-refractivity contribution in [3.05, 3.63) is 191 Å². The van der Waals surface area contributed by atoms with Gasteiger partial charge in [-0.2, -0.15) is 0 Å². The van der Waals surface area contributed by atoms with Gasteiger partial charge in [-0.1, -0.05) is 109 Å². The smallest absolute Gasteiger partial charge is 0.0543 e. The third-order valence-corrected chi connectivity index (χ3v) is 12.3. The van der Waals surface area contributed by atoms with Gasteiger partial charge >= 0.3 is 0 Å². The predicted octanol–water partition coefficient (Wildman–Crippen LogP) is 15.7. The highest BCUT2D eigenvalue weighted by Gasteiger charge is 2.25. The largest absolute Gasteiger partial charge is 0.309 e. The summed E-state index contributed by atoms with van der Waals surface area (Å²) in [5.41, 5.74) is 14.7. The molecule has 0 atom stereocenters. The quantitative estimate of drug-likeness (QED) is 0.158. The second-order valence-corrected chi connectivity index (χ2v) is 15.7. The first-order valence-corrected chi connectivity index (χ1v) is 19.7. The molecule has 0 radical (unpaired) electrons. The summed E-state index contributed by atoms with van der Waals surface area (Å²) in [6, 6.07) is 58.9. The van der Waals surface area contributed by atoms with Crippen molar-refractivity contribution >= 4 is 88.0 Å². The molecule has 0 saturated carbocycles. The van der Waals surface area contributed by atoms with E-state index in [1.807, 2.05) is 0 Å². The maximum atomic E-state index is 2.50. The van der Waals surface area contributed by atoms with Crippen molar-refractivity contribution in [2.45, 2.75) is 41.5 Å². The lowest BCUT2D eigenvalue weighted by molar-refractivity contribution is 1.26. The Morgan fingerprint density at radius 1 is 0.268 bits per heavy atom. The molecule has 2 nitrogen and oxygen atoms in total. The Bertz CT molecular complexity index is 2940. The number of anilines is 6. The summed E-state index contributed by atoms with van der Waals surface area (Å²) in [6.45, 7) is 13.4. The molecule has 10 aromatic rings. The first-order chi connectivity index (χ1) is 27.3. The van der Waals surface area contributed by atoms with E-state index >= 15 is 0 Å². The fourth-order valence-corrected chi connectivity index (χ4v) is 9.02. The minimum absolute atomic E-state index is 1.16. The van der Waals surface area contributed by atoms with Gasteiger partial charge in [0.05, 0.1) is 22.7 Å². The monoisotopic (exact) mass is 720 g/mol. The molecule has 0 aromatic heterocycles. The molecule has 10 rings (SSSR count). The minimum Gasteiger partial charge on any atom is -0.309 e. The molecule has 0 amide bonds. The first kappa shape index (κ1) is 33.9. The number of hydrogen-bond donors (Lipinski definition) is 0. The summed E-state index contributed by atoms with van der Waals surface area (Å²) in [5.74, 6) is 0. The van der Waals surface area contributed by atoms with Crippen molar-refractivity contribution in [1.29, 1.82) is 0 Å². The van der Waals surface area contributed by atoms with E-state index in [0.29, 0.717) is 0 Å². The maximum absolute atomic E-state index is 2.50. The van der Waals surface area contributed by atoms with Gasteiger partial charge in [-0.15, -0.1) is 0 Å². The van der Waals surface area contributed by atoms with Crippen LogP contribution in [0.2, 0.25) is 0 Å². The Hall–Kier alpha value is -6.64. The standard InChI is InChI=1S/C54H44N2/c1-33-21-23-41(29-35(33)3)55(49-19-11-15-39-13-7-9-17-45(39)49)51-31-37(5)43-26-28-48-52(32-38(6)44-25-27-47(51)53(43)54(44)48)56(42-24-22-34(2)36(4)30-42)50-20-12-16-40-14-8-10-18-46(40)50/h7-32H,1-6H3. The number of rotatable bonds is 6. The van der Waals surface area contributed by atoms with E-state index in [1.54, 1.807) is 0 Å². The average Bonchev–Trinajstić information content (AvgIpc) is 3.21. The summed E-state index contributed by atoms with van der Waals surface area (Å²) < 4.78 is 0. The van der Waals surface area contributed by atoms with Crippen molar-refractivity contribution in [1.82, 2.24) is 0 Å². The van der Waals surface area contributed by atoms with E-state index in [9.17, 15) is 0 Å². The van der Waals surface area contributed by atoms with Crippen LogP contribution in [-0.2, 0) is 0 Å². The molecule has 0 aliphatic heterocycles. The summed E-state index contributed by atoms with van der Waals surface area (Å²) in [7, 11) is 0. The number of nitrogens with zero attached hydrogens (tertiary/aromatic N) is 2. The zero-order valence-electron chi connectivity index (χ0n) is 32.9. The van der Waals surface area contributed by atoms with Crippen LogP contribution in [0.1, 0.15) is 33.4 Å². The van der Waals surface area contributed by atoms with Gasteiger partial charge in [0.1, 0.15) is 0 Å². The van der Waals surface area contributed by atoms with E-state index < -0.39 is 0 Å². The van der Waals surface area contributed by atoms with Gasteiger partial charge in [-0.25, -0.2) is 0 Å². The van der Waals surface area contributed by atoms with Crippen LogP contribution >= 0.6 is 0 Å². The van der Waals surface area contributed by atoms with Gasteiger partial charge in [0.2, 0.25) is 0 Å². The van der Waals surface area contributed by atoms with E-state index in [-0.39, 0.29) is 0 Å². The van der Waals surface area contributed by atoms with Gasteiger partial charge in [0.15, 0.2) is 0 Å². The highest BCUT2D eigenvalue weighted by atomic mass is 15.2. The molecule has 0 heterocycles. The molecular formula is C54H44N2. The predicted molar refractivity (Wildman–Crippen MR) is 243 cm³/mol. The SMILES string of the molecule is Cc1ccc(N(c2cccc3ccccc23)c2cc(C)c3ccc4c(N(c5ccc(C)c(C)c5)c5cccc6ccccc56)cc(C)c5ccc2c3c54)cc1C. The third-order valence-electron chi connectivity index (χ3n) is 12.3. The molecule has 0 spiro atoms. The number of benzene rings is 10. The maximum Gasteiger partial charge on any atom is 0.0543 e. The zero-order valence-corrected chi connectivity index (χ0v) is 32.9. The van der Waals surface area contributed by atoms with Crippen LogP contribution in [0.4, 0.5) is 34.1 Å². The summed E-state index contributed by atoms with van der Waals surface area (Å²) in [6.07, 6.45) is 0. The lowest BCUT2D eigenvalue weighted by atomic mass is 9.88. The van der Waals surface area contributed by atoms with Crippen molar-refractivity contribution in [2.24, 2.45) is 0 Å². The van der Waals surface area contributed by atoms with Gasteiger partial charge < -0.3 is 9.80 Å². The van der Waals surface area contributed by atoms with Gasteiger partial charge in [0.25, 0.3) is 0 Å². The molecule has 0 bridgehead atoms. The molecule has 0 unspecified atom stereocenters. The Morgan fingerprint density at radius 3 is 1.09 bits per heavy atom. The highest BCUT2D eigenvalue weighted by molar-refractivity contribution is 6.29. The molecule has 10 aromatic carbocycles. The third kappa shape index (κ3) is 5.24. The normalized spacial score (nSPS) is 11.8. The van der Waals surface area contributed by atoms with E-state index in [2.05, 4.69) is 209 Å². The summed E-state index contributed by atoms with van der Waals surface area (Å²) in [4.78, 5) is 5.00. The fourth-order valence-electron chi connectivity index (χ4n) is 9.02. The molecule has 2 heteroatoms. The summed E-state index contributed by atoms with van der Waals surface area (Å²) >= 11 is 0. The second kappa shape index (κ2) is 13.0. The molecular weight excluding hydrogens is 677 g/mol. The Balaban J connectivity index is 1.31. The average molecular weight is 721 g/mol. The molecule has 0 N–H and O–H groups in total. The van der Waals surface area contributed by atoms with Crippen molar-refractivity contribution in [2.75, 3.05) is 9.80 Å². The van der Waals surface area contributed by atoms with Crippen LogP contribution in [-0.4, -0.2) is 0 Å².